The van der Waals surface area contributed by atoms with Crippen LogP contribution in [0.2, 0.25) is 0 Å². The number of aliphatic imine (C=N–C) groups is 1. The molecule has 1 amide bonds. The predicted octanol–water partition coefficient (Wildman–Crippen LogP) is 4.57. The van der Waals surface area contributed by atoms with E-state index in [1.165, 1.54) is 0 Å². The summed E-state index contributed by atoms with van der Waals surface area (Å²) >= 11 is 0. The number of fused-ring (bicyclic) bond motifs is 1. The van der Waals surface area contributed by atoms with Gasteiger partial charge in [-0.2, -0.15) is 0 Å². The largest absolute Gasteiger partial charge is 0.454 e. The van der Waals surface area contributed by atoms with Gasteiger partial charge in [0.25, 0.3) is 0 Å². The van der Waals surface area contributed by atoms with Crippen molar-refractivity contribution in [1.82, 2.24) is 4.98 Å². The van der Waals surface area contributed by atoms with Crippen LogP contribution in [0.5, 0.6) is 11.5 Å². The predicted molar refractivity (Wildman–Crippen MR) is 125 cm³/mol. The molecule has 33 heavy (non-hydrogen) atoms. The number of ether oxygens (including phenoxy) is 2. The number of hydrogen-bond acceptors (Lipinski definition) is 6. The fraction of sp³-hybridized carbons (Fsp3) is 0.385. The number of aromatic nitrogens is 1. The van der Waals surface area contributed by atoms with E-state index in [1.54, 1.807) is 6.07 Å². The molecule has 0 saturated heterocycles. The third-order valence-corrected chi connectivity index (χ3v) is 6.48. The molecule has 7 heteroatoms. The zero-order chi connectivity index (χ0) is 23.3. The molecule has 0 saturated carbocycles. The standard InChI is InChI=1S/C26H27N3O4/c1-14-6-5-7-21(27-14)29-25(31)22-15(2)28-17-11-26(3,4)12-18(30)24(17)23(22)16-8-9-19-20(10-16)33-13-32-19/h5-10,22-23H,11-13H2,1-4H3,(H,27,29,31). The van der Waals surface area contributed by atoms with Gasteiger partial charge in [-0.25, -0.2) is 4.98 Å². The Morgan fingerprint density at radius 1 is 1.09 bits per heavy atom. The summed E-state index contributed by atoms with van der Waals surface area (Å²) in [5, 5.41) is 2.94. The van der Waals surface area contributed by atoms with Crippen molar-refractivity contribution in [2.45, 2.75) is 46.5 Å². The van der Waals surface area contributed by atoms with Gasteiger partial charge in [0.05, 0.1) is 5.92 Å². The van der Waals surface area contributed by atoms with Gasteiger partial charge in [0.2, 0.25) is 12.7 Å². The number of allylic oxidation sites excluding steroid dienone is 2. The highest BCUT2D eigenvalue weighted by molar-refractivity contribution is 6.13. The Bertz CT molecular complexity index is 1230. The van der Waals surface area contributed by atoms with Crippen LogP contribution in [0.4, 0.5) is 5.82 Å². The first-order valence-electron chi connectivity index (χ1n) is 11.2. The number of ketones is 1. The lowest BCUT2D eigenvalue weighted by Gasteiger charge is -2.39. The molecule has 7 nitrogen and oxygen atoms in total. The topological polar surface area (TPSA) is 89.9 Å². The second kappa shape index (κ2) is 7.83. The van der Waals surface area contributed by atoms with Crippen LogP contribution in [0.1, 0.15) is 50.8 Å². The molecule has 0 spiro atoms. The van der Waals surface area contributed by atoms with E-state index >= 15 is 0 Å². The highest BCUT2D eigenvalue weighted by Gasteiger charge is 2.45. The molecule has 2 unspecified atom stereocenters. The Labute approximate surface area is 192 Å². The Morgan fingerprint density at radius 2 is 1.88 bits per heavy atom. The van der Waals surface area contributed by atoms with Crippen LogP contribution in [-0.2, 0) is 9.59 Å². The van der Waals surface area contributed by atoms with Gasteiger partial charge in [-0.15, -0.1) is 0 Å². The Balaban J connectivity index is 1.60. The van der Waals surface area contributed by atoms with E-state index in [9.17, 15) is 9.59 Å². The molecular weight excluding hydrogens is 418 g/mol. The smallest absolute Gasteiger partial charge is 0.235 e. The van der Waals surface area contributed by atoms with Crippen molar-refractivity contribution in [2.75, 3.05) is 12.1 Å². The van der Waals surface area contributed by atoms with E-state index in [0.29, 0.717) is 41.4 Å². The number of Topliss-reactive ketones (excluding diaryl/α,β-unsaturated/α-hetero) is 1. The number of carbonyl (C=O) groups is 2. The lowest BCUT2D eigenvalue weighted by atomic mass is 9.66. The van der Waals surface area contributed by atoms with Crippen LogP contribution in [-0.4, -0.2) is 29.2 Å². The van der Waals surface area contributed by atoms with Crippen LogP contribution in [0.25, 0.3) is 0 Å². The van der Waals surface area contributed by atoms with E-state index in [0.717, 1.165) is 17.0 Å². The van der Waals surface area contributed by atoms with E-state index < -0.39 is 11.8 Å². The van der Waals surface area contributed by atoms with Crippen LogP contribution in [0.3, 0.4) is 0 Å². The first-order chi connectivity index (χ1) is 15.7. The Morgan fingerprint density at radius 3 is 2.67 bits per heavy atom. The lowest BCUT2D eigenvalue weighted by Crippen LogP contribution is -2.41. The fourth-order valence-corrected chi connectivity index (χ4v) is 5.07. The molecule has 3 heterocycles. The first-order valence-corrected chi connectivity index (χ1v) is 11.2. The summed E-state index contributed by atoms with van der Waals surface area (Å²) < 4.78 is 11.1. The van der Waals surface area contributed by atoms with Gasteiger partial charge in [0.1, 0.15) is 5.82 Å². The number of hydrogen-bond donors (Lipinski definition) is 1. The Kier molecular flexibility index (Phi) is 5.07. The maximum absolute atomic E-state index is 13.6. The molecule has 1 aliphatic carbocycles. The number of benzene rings is 1. The molecule has 2 atom stereocenters. The second-order valence-electron chi connectivity index (χ2n) is 9.78. The summed E-state index contributed by atoms with van der Waals surface area (Å²) in [5.41, 5.74) is 3.59. The maximum atomic E-state index is 13.6. The zero-order valence-electron chi connectivity index (χ0n) is 19.3. The molecular formula is C26H27N3O4. The van der Waals surface area contributed by atoms with Crippen LogP contribution >= 0.6 is 0 Å². The summed E-state index contributed by atoms with van der Waals surface area (Å²) in [7, 11) is 0. The van der Waals surface area contributed by atoms with E-state index in [1.807, 2.05) is 44.2 Å². The highest BCUT2D eigenvalue weighted by Crippen LogP contribution is 2.49. The summed E-state index contributed by atoms with van der Waals surface area (Å²) in [6.07, 6.45) is 1.12. The third kappa shape index (κ3) is 3.92. The van der Waals surface area contributed by atoms with Gasteiger partial charge < -0.3 is 14.8 Å². The van der Waals surface area contributed by atoms with Gasteiger partial charge in [-0.05, 0) is 55.5 Å². The SMILES string of the molecule is CC1=NC2=C(C(=O)CC(C)(C)C2)C(c2ccc3c(c2)OCO3)C1C(=O)Nc1cccc(C)n1. The molecule has 3 aliphatic rings. The van der Waals surface area contributed by atoms with Crippen molar-refractivity contribution in [2.24, 2.45) is 16.3 Å². The summed E-state index contributed by atoms with van der Waals surface area (Å²) in [4.78, 5) is 36.2. The fourth-order valence-electron chi connectivity index (χ4n) is 5.07. The quantitative estimate of drug-likeness (QED) is 0.747. The number of pyridine rings is 1. The van der Waals surface area contributed by atoms with Crippen LogP contribution in [0, 0.1) is 18.3 Å². The minimum absolute atomic E-state index is 0.0478. The average molecular weight is 446 g/mol. The summed E-state index contributed by atoms with van der Waals surface area (Å²) in [5.74, 6) is 0.478. The van der Waals surface area contributed by atoms with E-state index in [-0.39, 0.29) is 23.9 Å². The van der Waals surface area contributed by atoms with Crippen molar-refractivity contribution in [3.05, 3.63) is 58.9 Å². The number of carbonyl (C=O) groups excluding carboxylic acids is 2. The van der Waals surface area contributed by atoms with E-state index in [2.05, 4.69) is 24.1 Å². The molecule has 1 N–H and O–H groups in total. The molecule has 2 aromatic rings. The molecule has 1 aromatic heterocycles. The normalized spacial score (nSPS) is 23.2. The molecule has 5 rings (SSSR count). The van der Waals surface area contributed by atoms with Gasteiger partial charge >= 0.3 is 0 Å². The number of anilines is 1. The Hall–Kier alpha value is -3.48. The summed E-state index contributed by atoms with van der Waals surface area (Å²) in [6.45, 7) is 8.06. The second-order valence-corrected chi connectivity index (χ2v) is 9.78. The first kappa shape index (κ1) is 21.4. The lowest BCUT2D eigenvalue weighted by molar-refractivity contribution is -0.119. The minimum Gasteiger partial charge on any atom is -0.454 e. The number of rotatable bonds is 3. The van der Waals surface area contributed by atoms with Crippen molar-refractivity contribution in [3.8, 4) is 11.5 Å². The van der Waals surface area contributed by atoms with Crippen molar-refractivity contribution < 1.29 is 19.1 Å². The monoisotopic (exact) mass is 445 g/mol. The van der Waals surface area contributed by atoms with E-state index in [4.69, 9.17) is 14.5 Å². The number of nitrogens with zero attached hydrogens (tertiary/aromatic N) is 2. The van der Waals surface area contributed by atoms with Gasteiger partial charge in [0.15, 0.2) is 17.3 Å². The molecule has 170 valence electrons. The number of aryl methyl sites for hydroxylation is 1. The van der Waals surface area contributed by atoms with Gasteiger partial charge in [-0.3, -0.25) is 14.6 Å². The minimum atomic E-state index is -0.642. The molecule has 0 bridgehead atoms. The number of nitrogens with one attached hydrogen (secondary N) is 1. The summed E-state index contributed by atoms with van der Waals surface area (Å²) in [6, 6.07) is 11.1. The van der Waals surface area contributed by atoms with Gasteiger partial charge in [0, 0.05) is 35.0 Å². The van der Waals surface area contributed by atoms with Crippen LogP contribution < -0.4 is 14.8 Å². The molecule has 1 aromatic carbocycles. The highest BCUT2D eigenvalue weighted by atomic mass is 16.7. The maximum Gasteiger partial charge on any atom is 0.235 e. The van der Waals surface area contributed by atoms with Crippen molar-refractivity contribution >= 4 is 23.2 Å². The van der Waals surface area contributed by atoms with Gasteiger partial charge in [-0.1, -0.05) is 26.0 Å². The average Bonchev–Trinajstić information content (AvgIpc) is 3.19. The van der Waals surface area contributed by atoms with Crippen LogP contribution in [0.15, 0.2) is 52.7 Å². The molecule has 2 aliphatic heterocycles. The molecule has 0 radical (unpaired) electrons. The number of amides is 1. The third-order valence-electron chi connectivity index (χ3n) is 6.48. The van der Waals surface area contributed by atoms with Crippen molar-refractivity contribution in [3.63, 3.8) is 0 Å². The van der Waals surface area contributed by atoms with Crippen molar-refractivity contribution in [1.29, 1.82) is 0 Å². The zero-order valence-corrected chi connectivity index (χ0v) is 19.3. The molecule has 0 fully saturated rings.